The normalized spacial score (nSPS) is 14.5. The molecule has 3 heteroatoms. The Labute approximate surface area is 144 Å². The standard InChI is InChI=1S/C21H25NO2/c23-21(16-18-8-4-5-9-18)22-19-10-12-20(13-11-19)24-15-14-17-6-2-1-3-7-17/h1-3,6-7,10-13,18H,4-5,8-9,14-16H2,(H,22,23). The van der Waals surface area contributed by atoms with E-state index >= 15 is 0 Å². The molecule has 3 nitrogen and oxygen atoms in total. The summed E-state index contributed by atoms with van der Waals surface area (Å²) in [6, 6.07) is 17.9. The van der Waals surface area contributed by atoms with Crippen molar-refractivity contribution in [1.82, 2.24) is 0 Å². The summed E-state index contributed by atoms with van der Waals surface area (Å²) in [5.74, 6) is 1.53. The summed E-state index contributed by atoms with van der Waals surface area (Å²) in [4.78, 5) is 12.0. The molecule has 2 aromatic rings. The minimum Gasteiger partial charge on any atom is -0.493 e. The Morgan fingerprint density at radius 1 is 1.00 bits per heavy atom. The number of rotatable bonds is 7. The van der Waals surface area contributed by atoms with Gasteiger partial charge >= 0.3 is 0 Å². The van der Waals surface area contributed by atoms with E-state index in [2.05, 4.69) is 17.4 Å². The average molecular weight is 323 g/mol. The molecule has 0 aromatic heterocycles. The molecule has 3 rings (SSSR count). The maximum atomic E-state index is 12.0. The molecule has 1 fully saturated rings. The first-order valence-corrected chi connectivity index (χ1v) is 8.86. The highest BCUT2D eigenvalue weighted by molar-refractivity contribution is 5.90. The SMILES string of the molecule is O=C(CC1CCCC1)Nc1ccc(OCCc2ccccc2)cc1. The minimum atomic E-state index is 0.125. The maximum Gasteiger partial charge on any atom is 0.224 e. The summed E-state index contributed by atoms with van der Waals surface area (Å²) in [6.45, 7) is 0.650. The van der Waals surface area contributed by atoms with E-state index in [1.807, 2.05) is 42.5 Å². The maximum absolute atomic E-state index is 12.0. The third-order valence-corrected chi connectivity index (χ3v) is 4.59. The topological polar surface area (TPSA) is 38.3 Å². The molecule has 0 radical (unpaired) electrons. The number of carbonyl (C=O) groups excluding carboxylic acids is 1. The van der Waals surface area contributed by atoms with Gasteiger partial charge in [0, 0.05) is 18.5 Å². The number of hydrogen-bond acceptors (Lipinski definition) is 2. The van der Waals surface area contributed by atoms with Gasteiger partial charge in [-0.05, 0) is 48.6 Å². The van der Waals surface area contributed by atoms with Crippen molar-refractivity contribution in [2.24, 2.45) is 5.92 Å². The van der Waals surface area contributed by atoms with Crippen LogP contribution in [0.2, 0.25) is 0 Å². The molecule has 1 saturated carbocycles. The van der Waals surface area contributed by atoms with Crippen molar-refractivity contribution in [2.45, 2.75) is 38.5 Å². The van der Waals surface area contributed by atoms with Gasteiger partial charge in [0.15, 0.2) is 0 Å². The van der Waals surface area contributed by atoms with Crippen LogP contribution in [0.1, 0.15) is 37.7 Å². The quantitative estimate of drug-likeness (QED) is 0.793. The Bertz CT molecular complexity index is 631. The van der Waals surface area contributed by atoms with Gasteiger partial charge in [-0.15, -0.1) is 0 Å². The molecule has 1 aliphatic carbocycles. The lowest BCUT2D eigenvalue weighted by Gasteiger charge is -2.11. The number of carbonyl (C=O) groups is 1. The fourth-order valence-corrected chi connectivity index (χ4v) is 3.25. The van der Waals surface area contributed by atoms with Gasteiger partial charge in [0.05, 0.1) is 6.61 Å². The Morgan fingerprint density at radius 3 is 2.42 bits per heavy atom. The molecule has 0 unspecified atom stereocenters. The summed E-state index contributed by atoms with van der Waals surface area (Å²) in [7, 11) is 0. The monoisotopic (exact) mass is 323 g/mol. The lowest BCUT2D eigenvalue weighted by Crippen LogP contribution is -2.15. The van der Waals surface area contributed by atoms with Crippen LogP contribution in [0.15, 0.2) is 54.6 Å². The molecule has 0 aliphatic heterocycles. The second kappa shape index (κ2) is 8.53. The molecule has 0 atom stereocenters. The van der Waals surface area contributed by atoms with Gasteiger partial charge in [-0.2, -0.15) is 0 Å². The lowest BCUT2D eigenvalue weighted by molar-refractivity contribution is -0.117. The number of hydrogen-bond donors (Lipinski definition) is 1. The fourth-order valence-electron chi connectivity index (χ4n) is 3.25. The summed E-state index contributed by atoms with van der Waals surface area (Å²) in [5.41, 5.74) is 2.11. The van der Waals surface area contributed by atoms with Crippen molar-refractivity contribution in [1.29, 1.82) is 0 Å². The second-order valence-corrected chi connectivity index (χ2v) is 6.51. The summed E-state index contributed by atoms with van der Waals surface area (Å²) >= 11 is 0. The van der Waals surface area contributed by atoms with Gasteiger partial charge in [-0.1, -0.05) is 43.2 Å². The Balaban J connectivity index is 1.42. The zero-order valence-electron chi connectivity index (χ0n) is 14.0. The molecule has 0 heterocycles. The van der Waals surface area contributed by atoms with E-state index in [-0.39, 0.29) is 5.91 Å². The molecule has 1 N–H and O–H groups in total. The molecule has 0 saturated heterocycles. The van der Waals surface area contributed by atoms with E-state index in [1.54, 1.807) is 0 Å². The van der Waals surface area contributed by atoms with Crippen molar-refractivity contribution in [3.05, 3.63) is 60.2 Å². The van der Waals surface area contributed by atoms with Crippen molar-refractivity contribution >= 4 is 11.6 Å². The van der Waals surface area contributed by atoms with Crippen LogP contribution in [0.5, 0.6) is 5.75 Å². The van der Waals surface area contributed by atoms with Crippen molar-refractivity contribution in [3.8, 4) is 5.75 Å². The van der Waals surface area contributed by atoms with E-state index < -0.39 is 0 Å². The Kier molecular flexibility index (Phi) is 5.89. The number of ether oxygens (including phenoxy) is 1. The molecule has 0 bridgehead atoms. The van der Waals surface area contributed by atoms with Crippen molar-refractivity contribution in [3.63, 3.8) is 0 Å². The lowest BCUT2D eigenvalue weighted by atomic mass is 10.0. The third kappa shape index (κ3) is 5.12. The van der Waals surface area contributed by atoms with Crippen LogP contribution in [-0.4, -0.2) is 12.5 Å². The zero-order chi connectivity index (χ0) is 16.6. The molecule has 24 heavy (non-hydrogen) atoms. The number of amides is 1. The van der Waals surface area contributed by atoms with Crippen molar-refractivity contribution < 1.29 is 9.53 Å². The summed E-state index contributed by atoms with van der Waals surface area (Å²) in [6.07, 6.45) is 6.47. The van der Waals surface area contributed by atoms with Crippen LogP contribution < -0.4 is 10.1 Å². The van der Waals surface area contributed by atoms with Crippen LogP contribution in [0.25, 0.3) is 0 Å². The van der Waals surface area contributed by atoms with Gasteiger partial charge < -0.3 is 10.1 Å². The first-order chi connectivity index (χ1) is 11.8. The van der Waals surface area contributed by atoms with Gasteiger partial charge in [0.2, 0.25) is 5.91 Å². The minimum absolute atomic E-state index is 0.125. The summed E-state index contributed by atoms with van der Waals surface area (Å²) < 4.78 is 5.76. The number of anilines is 1. The smallest absolute Gasteiger partial charge is 0.224 e. The predicted octanol–water partition coefficient (Wildman–Crippen LogP) is 4.83. The Hall–Kier alpha value is -2.29. The first-order valence-electron chi connectivity index (χ1n) is 8.86. The van der Waals surface area contributed by atoms with Gasteiger partial charge in [0.25, 0.3) is 0 Å². The molecular formula is C21H25NO2. The summed E-state index contributed by atoms with van der Waals surface area (Å²) in [5, 5.41) is 2.98. The van der Waals surface area contributed by atoms with E-state index in [0.717, 1.165) is 17.9 Å². The Morgan fingerprint density at radius 2 is 1.71 bits per heavy atom. The van der Waals surface area contributed by atoms with Crippen LogP contribution in [0, 0.1) is 5.92 Å². The van der Waals surface area contributed by atoms with Crippen LogP contribution in [-0.2, 0) is 11.2 Å². The highest BCUT2D eigenvalue weighted by atomic mass is 16.5. The van der Waals surface area contributed by atoms with Gasteiger partial charge in [-0.3, -0.25) is 4.79 Å². The van der Waals surface area contributed by atoms with E-state index in [0.29, 0.717) is 18.9 Å². The molecule has 1 amide bonds. The number of nitrogens with one attached hydrogen (secondary N) is 1. The average Bonchev–Trinajstić information content (AvgIpc) is 3.10. The zero-order valence-corrected chi connectivity index (χ0v) is 14.0. The van der Waals surface area contributed by atoms with Gasteiger partial charge in [0.1, 0.15) is 5.75 Å². The predicted molar refractivity (Wildman–Crippen MR) is 97.3 cm³/mol. The number of benzene rings is 2. The first kappa shape index (κ1) is 16.6. The highest BCUT2D eigenvalue weighted by Crippen LogP contribution is 2.28. The molecular weight excluding hydrogens is 298 g/mol. The fraction of sp³-hybridized carbons (Fsp3) is 0.381. The molecule has 0 spiro atoms. The third-order valence-electron chi connectivity index (χ3n) is 4.59. The van der Waals surface area contributed by atoms with Crippen LogP contribution >= 0.6 is 0 Å². The second-order valence-electron chi connectivity index (χ2n) is 6.51. The largest absolute Gasteiger partial charge is 0.493 e. The van der Waals surface area contributed by atoms with E-state index in [1.165, 1.54) is 31.2 Å². The van der Waals surface area contributed by atoms with E-state index in [4.69, 9.17) is 4.74 Å². The highest BCUT2D eigenvalue weighted by Gasteiger charge is 2.18. The molecule has 2 aromatic carbocycles. The molecule has 1 aliphatic rings. The van der Waals surface area contributed by atoms with Crippen LogP contribution in [0.3, 0.4) is 0 Å². The van der Waals surface area contributed by atoms with Gasteiger partial charge in [-0.25, -0.2) is 0 Å². The van der Waals surface area contributed by atoms with Crippen LogP contribution in [0.4, 0.5) is 5.69 Å². The van der Waals surface area contributed by atoms with Crippen molar-refractivity contribution in [2.75, 3.05) is 11.9 Å². The molecule has 126 valence electrons. The van der Waals surface area contributed by atoms with E-state index in [9.17, 15) is 4.79 Å².